The topological polar surface area (TPSA) is 42.1 Å². The Morgan fingerprint density at radius 1 is 1.32 bits per heavy atom. The average molecular weight is 261 g/mol. The molecule has 1 aromatic rings. The van der Waals surface area contributed by atoms with Crippen molar-refractivity contribution in [2.75, 3.05) is 6.54 Å². The highest BCUT2D eigenvalue weighted by atomic mass is 15.2. The number of aromatic nitrogens is 1. The molecule has 1 aromatic heterocycles. The van der Waals surface area contributed by atoms with Gasteiger partial charge in [-0.25, -0.2) is 0 Å². The van der Waals surface area contributed by atoms with E-state index in [-0.39, 0.29) is 0 Å². The highest BCUT2D eigenvalue weighted by Crippen LogP contribution is 2.29. The van der Waals surface area contributed by atoms with Crippen LogP contribution in [0, 0.1) is 0 Å². The standard InChI is InChI=1S/C16H27N3/c1-3-12-19(15-9-7-14(17)8-10-15)13(2)16-6-4-5-11-18-16/h4-6,11,13-15H,3,7-10,12,17H2,1-2H3. The largest absolute Gasteiger partial charge is 0.328 e. The molecule has 0 aromatic carbocycles. The molecule has 0 aliphatic heterocycles. The molecular weight excluding hydrogens is 234 g/mol. The molecule has 3 nitrogen and oxygen atoms in total. The van der Waals surface area contributed by atoms with E-state index < -0.39 is 0 Å². The molecule has 2 rings (SSSR count). The Labute approximate surface area is 117 Å². The number of rotatable bonds is 5. The first-order valence-corrected chi connectivity index (χ1v) is 7.64. The highest BCUT2D eigenvalue weighted by Gasteiger charge is 2.27. The second-order valence-electron chi connectivity index (χ2n) is 5.74. The molecule has 3 heteroatoms. The van der Waals surface area contributed by atoms with Crippen molar-refractivity contribution in [2.24, 2.45) is 5.73 Å². The summed E-state index contributed by atoms with van der Waals surface area (Å²) >= 11 is 0. The molecule has 0 radical (unpaired) electrons. The zero-order valence-corrected chi connectivity index (χ0v) is 12.3. The molecule has 0 saturated heterocycles. The van der Waals surface area contributed by atoms with Crippen LogP contribution in [0.25, 0.3) is 0 Å². The molecule has 2 N–H and O–H groups in total. The lowest BCUT2D eigenvalue weighted by Gasteiger charge is -2.39. The molecule has 0 bridgehead atoms. The van der Waals surface area contributed by atoms with Crippen LogP contribution in [0.1, 0.15) is 57.7 Å². The van der Waals surface area contributed by atoms with E-state index in [4.69, 9.17) is 5.73 Å². The third-order valence-electron chi connectivity index (χ3n) is 4.31. The average Bonchev–Trinajstić information content (AvgIpc) is 2.46. The van der Waals surface area contributed by atoms with Crippen molar-refractivity contribution in [3.05, 3.63) is 30.1 Å². The first kappa shape index (κ1) is 14.5. The molecule has 1 saturated carbocycles. The molecule has 0 amide bonds. The maximum absolute atomic E-state index is 6.03. The van der Waals surface area contributed by atoms with Crippen LogP contribution in [0.4, 0.5) is 0 Å². The Kier molecular flexibility index (Phi) is 5.34. The summed E-state index contributed by atoms with van der Waals surface area (Å²) < 4.78 is 0. The maximum atomic E-state index is 6.03. The van der Waals surface area contributed by atoms with Gasteiger partial charge in [-0.3, -0.25) is 9.88 Å². The smallest absolute Gasteiger partial charge is 0.0572 e. The van der Waals surface area contributed by atoms with Crippen molar-refractivity contribution in [1.29, 1.82) is 0 Å². The maximum Gasteiger partial charge on any atom is 0.0572 e. The lowest BCUT2D eigenvalue weighted by molar-refractivity contribution is 0.105. The lowest BCUT2D eigenvalue weighted by atomic mass is 9.89. The third kappa shape index (κ3) is 3.77. The molecule has 106 valence electrons. The summed E-state index contributed by atoms with van der Waals surface area (Å²) in [6.07, 6.45) is 7.89. The molecule has 1 unspecified atom stereocenters. The van der Waals surface area contributed by atoms with Crippen molar-refractivity contribution in [1.82, 2.24) is 9.88 Å². The predicted octanol–water partition coefficient (Wildman–Crippen LogP) is 3.12. The fraction of sp³-hybridized carbons (Fsp3) is 0.688. The minimum Gasteiger partial charge on any atom is -0.328 e. The normalized spacial score (nSPS) is 25.5. The molecule has 1 fully saturated rings. The minimum absolute atomic E-state index is 0.403. The molecule has 1 aliphatic carbocycles. The van der Waals surface area contributed by atoms with Crippen molar-refractivity contribution in [2.45, 2.75) is 64.1 Å². The van der Waals surface area contributed by atoms with Gasteiger partial charge in [0.05, 0.1) is 5.69 Å². The van der Waals surface area contributed by atoms with Gasteiger partial charge in [0.15, 0.2) is 0 Å². The van der Waals surface area contributed by atoms with Crippen molar-refractivity contribution in [3.63, 3.8) is 0 Å². The molecular formula is C16H27N3. The Morgan fingerprint density at radius 2 is 2.05 bits per heavy atom. The van der Waals surface area contributed by atoms with E-state index in [0.717, 1.165) is 6.54 Å². The van der Waals surface area contributed by atoms with Gasteiger partial charge in [0, 0.05) is 24.3 Å². The van der Waals surface area contributed by atoms with Gasteiger partial charge in [-0.15, -0.1) is 0 Å². The van der Waals surface area contributed by atoms with Crippen LogP contribution in [0.5, 0.6) is 0 Å². The van der Waals surface area contributed by atoms with Gasteiger partial charge in [0.25, 0.3) is 0 Å². The first-order chi connectivity index (χ1) is 9.22. The summed E-state index contributed by atoms with van der Waals surface area (Å²) in [5, 5.41) is 0. The number of pyridine rings is 1. The summed E-state index contributed by atoms with van der Waals surface area (Å²) in [5.41, 5.74) is 7.21. The van der Waals surface area contributed by atoms with E-state index in [0.29, 0.717) is 18.1 Å². The summed E-state index contributed by atoms with van der Waals surface area (Å²) in [5.74, 6) is 0. The van der Waals surface area contributed by atoms with Crippen LogP contribution in [0.2, 0.25) is 0 Å². The molecule has 1 aliphatic rings. The molecule has 0 spiro atoms. The van der Waals surface area contributed by atoms with E-state index >= 15 is 0 Å². The van der Waals surface area contributed by atoms with Gasteiger partial charge >= 0.3 is 0 Å². The first-order valence-electron chi connectivity index (χ1n) is 7.64. The van der Waals surface area contributed by atoms with Crippen LogP contribution in [0.3, 0.4) is 0 Å². The van der Waals surface area contributed by atoms with E-state index in [2.05, 4.69) is 35.9 Å². The summed E-state index contributed by atoms with van der Waals surface area (Å²) in [6.45, 7) is 5.69. The quantitative estimate of drug-likeness (QED) is 0.885. The Morgan fingerprint density at radius 3 is 2.63 bits per heavy atom. The second kappa shape index (κ2) is 7.01. The highest BCUT2D eigenvalue weighted by molar-refractivity contribution is 5.08. The Hall–Kier alpha value is -0.930. The monoisotopic (exact) mass is 261 g/mol. The Balaban J connectivity index is 2.06. The molecule has 1 heterocycles. The summed E-state index contributed by atoms with van der Waals surface area (Å²) in [6, 6.07) is 7.71. The van der Waals surface area contributed by atoms with Crippen molar-refractivity contribution >= 4 is 0 Å². The zero-order valence-electron chi connectivity index (χ0n) is 12.3. The Bertz CT molecular complexity index is 358. The van der Waals surface area contributed by atoms with E-state index in [1.807, 2.05) is 12.3 Å². The zero-order chi connectivity index (χ0) is 13.7. The number of nitrogens with two attached hydrogens (primary N) is 1. The van der Waals surface area contributed by atoms with Gasteiger partial charge in [-0.1, -0.05) is 13.0 Å². The van der Waals surface area contributed by atoms with E-state index in [1.165, 1.54) is 37.8 Å². The van der Waals surface area contributed by atoms with Gasteiger partial charge in [0.2, 0.25) is 0 Å². The van der Waals surface area contributed by atoms with Crippen LogP contribution < -0.4 is 5.73 Å². The number of nitrogens with zero attached hydrogens (tertiary/aromatic N) is 2. The fourth-order valence-electron chi connectivity index (χ4n) is 3.18. The molecule has 1 atom stereocenters. The molecule has 19 heavy (non-hydrogen) atoms. The van der Waals surface area contributed by atoms with Crippen LogP contribution in [0.15, 0.2) is 24.4 Å². The van der Waals surface area contributed by atoms with Gasteiger partial charge in [-0.2, -0.15) is 0 Å². The lowest BCUT2D eigenvalue weighted by Crippen LogP contribution is -2.42. The van der Waals surface area contributed by atoms with Gasteiger partial charge in [-0.05, 0) is 57.7 Å². The minimum atomic E-state index is 0.403. The third-order valence-corrected chi connectivity index (χ3v) is 4.31. The fourth-order valence-corrected chi connectivity index (χ4v) is 3.18. The van der Waals surface area contributed by atoms with Gasteiger partial charge in [0.1, 0.15) is 0 Å². The SMILES string of the molecule is CCCN(C1CCC(N)CC1)C(C)c1ccccn1. The second-order valence-corrected chi connectivity index (χ2v) is 5.74. The summed E-state index contributed by atoms with van der Waals surface area (Å²) in [4.78, 5) is 7.16. The van der Waals surface area contributed by atoms with Gasteiger partial charge < -0.3 is 5.73 Å². The number of hydrogen-bond acceptors (Lipinski definition) is 3. The van der Waals surface area contributed by atoms with Crippen molar-refractivity contribution < 1.29 is 0 Å². The summed E-state index contributed by atoms with van der Waals surface area (Å²) in [7, 11) is 0. The number of hydrogen-bond donors (Lipinski definition) is 1. The van der Waals surface area contributed by atoms with Crippen LogP contribution in [-0.2, 0) is 0 Å². The van der Waals surface area contributed by atoms with Crippen LogP contribution >= 0.6 is 0 Å². The van der Waals surface area contributed by atoms with Crippen LogP contribution in [-0.4, -0.2) is 28.5 Å². The van der Waals surface area contributed by atoms with E-state index in [9.17, 15) is 0 Å². The predicted molar refractivity (Wildman–Crippen MR) is 79.9 cm³/mol. The van der Waals surface area contributed by atoms with E-state index in [1.54, 1.807) is 0 Å². The van der Waals surface area contributed by atoms with Crippen molar-refractivity contribution in [3.8, 4) is 0 Å².